The normalized spacial score (nSPS) is 47.9. The summed E-state index contributed by atoms with van der Waals surface area (Å²) in [5.41, 5.74) is -1.28. The molecule has 5 fully saturated rings. The largest absolute Gasteiger partial charge is 0.448 e. The lowest BCUT2D eigenvalue weighted by Gasteiger charge is -2.60. The first kappa shape index (κ1) is 13.3. The third-order valence-corrected chi connectivity index (χ3v) is 6.70. The molecule has 22 heavy (non-hydrogen) atoms. The van der Waals surface area contributed by atoms with E-state index in [9.17, 15) is 9.90 Å². The summed E-state index contributed by atoms with van der Waals surface area (Å²) < 4.78 is 6.00. The maximum Gasteiger partial charge on any atom is 0.294 e. The van der Waals surface area contributed by atoms with Gasteiger partial charge in [-0.25, -0.2) is 0 Å². The Kier molecular flexibility index (Phi) is 2.46. The van der Waals surface area contributed by atoms with Crippen LogP contribution in [0.5, 0.6) is 0 Å². The minimum atomic E-state index is -0.665. The van der Waals surface area contributed by atoms with Gasteiger partial charge in [0.1, 0.15) is 0 Å². The minimum Gasteiger partial charge on any atom is -0.448 e. The molecule has 120 valence electrons. The van der Waals surface area contributed by atoms with Crippen LogP contribution in [0.3, 0.4) is 0 Å². The average molecular weight is 304 g/mol. The Morgan fingerprint density at radius 1 is 1.14 bits per heavy atom. The zero-order valence-electron chi connectivity index (χ0n) is 12.9. The second-order valence-corrected chi connectivity index (χ2v) is 8.62. The predicted molar refractivity (Wildman–Crippen MR) is 80.2 cm³/mol. The highest BCUT2D eigenvalue weighted by Crippen LogP contribution is 2.57. The van der Waals surface area contributed by atoms with Gasteiger partial charge in [-0.2, -0.15) is 4.99 Å². The lowest BCUT2D eigenvalue weighted by molar-refractivity contribution is -0.140. The molecule has 5 aliphatic carbocycles. The van der Waals surface area contributed by atoms with Gasteiger partial charge in [-0.3, -0.25) is 4.79 Å². The zero-order chi connectivity index (χ0) is 15.0. The van der Waals surface area contributed by atoms with E-state index in [4.69, 9.17) is 4.74 Å². The molecular formula is C17H24N2O3. The number of hydrogen-bond acceptors (Lipinski definition) is 4. The standard InChI is InChI=1S/C17H24N2O3/c20-13-17(3-1-2-4-17)22-14(18-13)19-15-6-11-5-12(7-15)9-16(21,8-11)10-15/h11-12,21H,1-10H2,(H,18,19,20). The van der Waals surface area contributed by atoms with Crippen molar-refractivity contribution in [1.29, 1.82) is 0 Å². The number of nitrogens with one attached hydrogen (secondary N) is 1. The van der Waals surface area contributed by atoms with E-state index in [2.05, 4.69) is 10.3 Å². The fraction of sp³-hybridized carbons (Fsp3) is 0.882. The molecule has 6 rings (SSSR count). The van der Waals surface area contributed by atoms with Crippen LogP contribution in [0.1, 0.15) is 64.2 Å². The number of aliphatic imine (C=N–C) groups is 1. The van der Waals surface area contributed by atoms with Crippen molar-refractivity contribution in [3.63, 3.8) is 0 Å². The first-order chi connectivity index (χ1) is 10.5. The summed E-state index contributed by atoms with van der Waals surface area (Å²) in [7, 11) is 0. The maximum atomic E-state index is 12.3. The highest BCUT2D eigenvalue weighted by molar-refractivity contribution is 6.01. The predicted octanol–water partition coefficient (Wildman–Crippen LogP) is 1.89. The van der Waals surface area contributed by atoms with Crippen LogP contribution in [0.2, 0.25) is 0 Å². The van der Waals surface area contributed by atoms with Gasteiger partial charge in [-0.15, -0.1) is 0 Å². The van der Waals surface area contributed by atoms with Crippen molar-refractivity contribution in [2.45, 2.75) is 80.9 Å². The number of nitrogens with zero attached hydrogens (tertiary/aromatic N) is 1. The molecule has 5 nitrogen and oxygen atoms in total. The second kappa shape index (κ2) is 4.05. The molecule has 1 heterocycles. The van der Waals surface area contributed by atoms with E-state index >= 15 is 0 Å². The number of ether oxygens (including phenoxy) is 1. The molecule has 2 atom stereocenters. The minimum absolute atomic E-state index is 0.101. The van der Waals surface area contributed by atoms with E-state index < -0.39 is 11.2 Å². The van der Waals surface area contributed by atoms with Gasteiger partial charge >= 0.3 is 0 Å². The average Bonchev–Trinajstić information content (AvgIpc) is 2.95. The molecule has 0 aromatic carbocycles. The van der Waals surface area contributed by atoms with Crippen molar-refractivity contribution in [2.24, 2.45) is 16.8 Å². The van der Waals surface area contributed by atoms with Gasteiger partial charge in [0.05, 0.1) is 5.60 Å². The van der Waals surface area contributed by atoms with Gasteiger partial charge in [0.25, 0.3) is 11.9 Å². The monoisotopic (exact) mass is 304 g/mol. The Balaban J connectivity index is 1.38. The van der Waals surface area contributed by atoms with Crippen molar-refractivity contribution in [2.75, 3.05) is 0 Å². The van der Waals surface area contributed by atoms with E-state index in [1.807, 2.05) is 0 Å². The summed E-state index contributed by atoms with van der Waals surface area (Å²) in [6.07, 6.45) is 9.76. The van der Waals surface area contributed by atoms with Crippen LogP contribution in [0.4, 0.5) is 0 Å². The van der Waals surface area contributed by atoms with Crippen LogP contribution in [0, 0.1) is 11.8 Å². The Hall–Kier alpha value is -1.10. The number of amidine groups is 1. The smallest absolute Gasteiger partial charge is 0.294 e. The molecule has 2 N–H and O–H groups in total. The van der Waals surface area contributed by atoms with Crippen molar-refractivity contribution >= 4 is 11.9 Å². The van der Waals surface area contributed by atoms with Crippen LogP contribution < -0.4 is 5.32 Å². The van der Waals surface area contributed by atoms with E-state index in [1.165, 1.54) is 6.42 Å². The molecule has 0 saturated heterocycles. The topological polar surface area (TPSA) is 70.9 Å². The second-order valence-electron chi connectivity index (χ2n) is 8.62. The van der Waals surface area contributed by atoms with Crippen LogP contribution in [0.25, 0.3) is 0 Å². The van der Waals surface area contributed by atoms with E-state index in [-0.39, 0.29) is 11.4 Å². The SMILES string of the molecule is O=C1N=C(NC23CC4CC(CC(O)(C4)C2)C3)OC12CCCC2. The number of amides is 1. The van der Waals surface area contributed by atoms with E-state index in [1.54, 1.807) is 0 Å². The first-order valence-electron chi connectivity index (χ1n) is 8.81. The van der Waals surface area contributed by atoms with Crippen molar-refractivity contribution in [3.05, 3.63) is 0 Å². The summed E-state index contributed by atoms with van der Waals surface area (Å²) in [6.45, 7) is 0. The Morgan fingerprint density at radius 3 is 2.45 bits per heavy atom. The summed E-state index contributed by atoms with van der Waals surface area (Å²) in [5, 5.41) is 14.3. The number of carbonyl (C=O) groups is 1. The number of aliphatic hydroxyl groups is 1. The Labute approximate surface area is 130 Å². The van der Waals surface area contributed by atoms with Crippen LogP contribution in [-0.2, 0) is 9.53 Å². The molecule has 2 unspecified atom stereocenters. The molecule has 1 spiro atoms. The molecule has 5 saturated carbocycles. The van der Waals surface area contributed by atoms with E-state index in [0.717, 1.165) is 57.8 Å². The lowest BCUT2D eigenvalue weighted by Crippen LogP contribution is -2.65. The van der Waals surface area contributed by atoms with Gasteiger partial charge in [-0.05, 0) is 76.0 Å². The molecule has 1 aliphatic heterocycles. The van der Waals surface area contributed by atoms with E-state index in [0.29, 0.717) is 17.9 Å². The number of rotatable bonds is 1. The fourth-order valence-corrected chi connectivity index (χ4v) is 6.35. The molecule has 0 radical (unpaired) electrons. The van der Waals surface area contributed by atoms with Crippen LogP contribution in [0.15, 0.2) is 4.99 Å². The quantitative estimate of drug-likeness (QED) is 0.776. The lowest BCUT2D eigenvalue weighted by atomic mass is 9.51. The third-order valence-electron chi connectivity index (χ3n) is 6.70. The third kappa shape index (κ3) is 1.81. The summed E-state index contributed by atoms with van der Waals surface area (Å²) in [6, 6.07) is 0.428. The molecule has 5 heteroatoms. The number of carbonyl (C=O) groups excluding carboxylic acids is 1. The molecular weight excluding hydrogens is 280 g/mol. The van der Waals surface area contributed by atoms with Crippen molar-refractivity contribution in [3.8, 4) is 0 Å². The van der Waals surface area contributed by atoms with Gasteiger partial charge in [0.2, 0.25) is 0 Å². The zero-order valence-corrected chi connectivity index (χ0v) is 12.9. The summed E-state index contributed by atoms with van der Waals surface area (Å²) >= 11 is 0. The highest BCUT2D eigenvalue weighted by atomic mass is 16.5. The molecule has 0 aromatic heterocycles. The Morgan fingerprint density at radius 2 is 1.82 bits per heavy atom. The maximum absolute atomic E-state index is 12.3. The van der Waals surface area contributed by atoms with Gasteiger partial charge in [0.15, 0.2) is 5.60 Å². The summed E-state index contributed by atoms with van der Waals surface area (Å²) in [4.78, 5) is 16.4. The van der Waals surface area contributed by atoms with Crippen LogP contribution >= 0.6 is 0 Å². The number of hydrogen-bond donors (Lipinski definition) is 2. The summed E-state index contributed by atoms with van der Waals surface area (Å²) in [5.74, 6) is 1.12. The van der Waals surface area contributed by atoms with Crippen molar-refractivity contribution in [1.82, 2.24) is 5.32 Å². The van der Waals surface area contributed by atoms with Gasteiger partial charge < -0.3 is 15.2 Å². The Bertz CT molecular complexity index is 550. The fourth-order valence-electron chi connectivity index (χ4n) is 6.35. The molecule has 6 aliphatic rings. The van der Waals surface area contributed by atoms with Crippen LogP contribution in [-0.4, -0.2) is 33.8 Å². The first-order valence-corrected chi connectivity index (χ1v) is 8.81. The molecule has 1 amide bonds. The molecule has 0 aromatic rings. The van der Waals surface area contributed by atoms with Gasteiger partial charge in [0, 0.05) is 5.54 Å². The van der Waals surface area contributed by atoms with Gasteiger partial charge in [-0.1, -0.05) is 0 Å². The molecule has 4 bridgehead atoms. The highest BCUT2D eigenvalue weighted by Gasteiger charge is 2.58. The van der Waals surface area contributed by atoms with Crippen molar-refractivity contribution < 1.29 is 14.6 Å².